The summed E-state index contributed by atoms with van der Waals surface area (Å²) < 4.78 is 6.25. The van der Waals surface area contributed by atoms with Crippen molar-refractivity contribution < 1.29 is 9.94 Å². The molecular formula is C12H8BrCl2N3O2. The highest BCUT2D eigenvalue weighted by molar-refractivity contribution is 9.10. The van der Waals surface area contributed by atoms with Gasteiger partial charge in [-0.15, -0.1) is 0 Å². The average Bonchev–Trinajstić information content (AvgIpc) is 2.44. The number of hydrogen-bond donors (Lipinski definition) is 2. The summed E-state index contributed by atoms with van der Waals surface area (Å²) in [4.78, 5) is 3.99. The third-order valence-corrected chi connectivity index (χ3v) is 3.80. The van der Waals surface area contributed by atoms with Crippen molar-refractivity contribution in [1.29, 1.82) is 0 Å². The summed E-state index contributed by atoms with van der Waals surface area (Å²) in [5.41, 5.74) is 5.74. The highest BCUT2D eigenvalue weighted by atomic mass is 79.9. The lowest BCUT2D eigenvalue weighted by Crippen LogP contribution is -2.14. The monoisotopic (exact) mass is 375 g/mol. The summed E-state index contributed by atoms with van der Waals surface area (Å²) in [6, 6.07) is 6.40. The second-order valence-corrected chi connectivity index (χ2v) is 5.33. The Morgan fingerprint density at radius 2 is 2.05 bits per heavy atom. The number of rotatable bonds is 3. The number of amidine groups is 1. The number of halogens is 3. The fraction of sp³-hybridized carbons (Fsp3) is 0. The van der Waals surface area contributed by atoms with E-state index in [-0.39, 0.29) is 5.84 Å². The SMILES string of the molecule is N/C(=N/O)c1ccc(Oc2cc(Cl)c(Br)cc2Cl)cn1. The fourth-order valence-electron chi connectivity index (χ4n) is 1.35. The van der Waals surface area contributed by atoms with Gasteiger partial charge in [0.1, 0.15) is 17.2 Å². The van der Waals surface area contributed by atoms with Gasteiger partial charge in [-0.3, -0.25) is 0 Å². The number of benzene rings is 1. The Morgan fingerprint density at radius 1 is 1.30 bits per heavy atom. The van der Waals surface area contributed by atoms with E-state index in [1.54, 1.807) is 24.3 Å². The van der Waals surface area contributed by atoms with Gasteiger partial charge in [0.2, 0.25) is 0 Å². The Hall–Kier alpha value is -1.50. The van der Waals surface area contributed by atoms with Crippen LogP contribution in [0.4, 0.5) is 0 Å². The van der Waals surface area contributed by atoms with Crippen LogP contribution in [0, 0.1) is 0 Å². The summed E-state index contributed by atoms with van der Waals surface area (Å²) in [6.45, 7) is 0. The first kappa shape index (κ1) is 14.9. The van der Waals surface area contributed by atoms with E-state index >= 15 is 0 Å². The smallest absolute Gasteiger partial charge is 0.188 e. The first-order chi connectivity index (χ1) is 9.51. The summed E-state index contributed by atoms with van der Waals surface area (Å²) in [5.74, 6) is 0.763. The summed E-state index contributed by atoms with van der Waals surface area (Å²) in [5, 5.41) is 12.3. The van der Waals surface area contributed by atoms with Crippen molar-refractivity contribution in [1.82, 2.24) is 4.98 Å². The van der Waals surface area contributed by atoms with Gasteiger partial charge in [0.05, 0.1) is 16.2 Å². The van der Waals surface area contributed by atoms with E-state index in [0.717, 1.165) is 0 Å². The fourth-order valence-corrected chi connectivity index (χ4v) is 2.18. The molecule has 0 aliphatic carbocycles. The minimum Gasteiger partial charge on any atom is -0.454 e. The van der Waals surface area contributed by atoms with Crippen molar-refractivity contribution >= 4 is 45.0 Å². The van der Waals surface area contributed by atoms with Crippen LogP contribution >= 0.6 is 39.1 Å². The minimum atomic E-state index is -0.0822. The number of pyridine rings is 1. The van der Waals surface area contributed by atoms with Crippen molar-refractivity contribution in [3.63, 3.8) is 0 Å². The molecule has 0 spiro atoms. The third-order valence-electron chi connectivity index (χ3n) is 2.31. The number of nitrogens with two attached hydrogens (primary N) is 1. The lowest BCUT2D eigenvalue weighted by Gasteiger charge is -2.09. The van der Waals surface area contributed by atoms with E-state index in [1.807, 2.05) is 0 Å². The van der Waals surface area contributed by atoms with Gasteiger partial charge in [-0.05, 0) is 34.1 Å². The molecule has 20 heavy (non-hydrogen) atoms. The van der Waals surface area contributed by atoms with Gasteiger partial charge in [-0.1, -0.05) is 28.4 Å². The zero-order valence-corrected chi connectivity index (χ0v) is 12.9. The Morgan fingerprint density at radius 3 is 2.65 bits per heavy atom. The molecule has 5 nitrogen and oxygen atoms in total. The Bertz CT molecular complexity index is 662. The molecule has 1 aromatic carbocycles. The number of aromatic nitrogens is 1. The quantitative estimate of drug-likeness (QED) is 0.278. The van der Waals surface area contributed by atoms with Gasteiger partial charge in [0, 0.05) is 10.5 Å². The van der Waals surface area contributed by atoms with E-state index in [4.69, 9.17) is 38.9 Å². The second-order valence-electron chi connectivity index (χ2n) is 3.66. The second kappa shape index (κ2) is 6.30. The molecule has 104 valence electrons. The van der Waals surface area contributed by atoms with E-state index in [9.17, 15) is 0 Å². The topological polar surface area (TPSA) is 80.7 Å². The van der Waals surface area contributed by atoms with Crippen molar-refractivity contribution in [2.75, 3.05) is 0 Å². The first-order valence-corrected chi connectivity index (χ1v) is 6.82. The maximum Gasteiger partial charge on any atom is 0.188 e. The molecular weight excluding hydrogens is 369 g/mol. The van der Waals surface area contributed by atoms with Crippen molar-refractivity contribution in [2.24, 2.45) is 10.9 Å². The molecule has 3 N–H and O–H groups in total. The predicted molar refractivity (Wildman–Crippen MR) is 81.0 cm³/mol. The number of hydrogen-bond acceptors (Lipinski definition) is 4. The van der Waals surface area contributed by atoms with Crippen molar-refractivity contribution in [3.05, 3.63) is 50.7 Å². The lowest BCUT2D eigenvalue weighted by molar-refractivity contribution is 0.318. The molecule has 1 heterocycles. The Balaban J connectivity index is 2.24. The van der Waals surface area contributed by atoms with Crippen LogP contribution < -0.4 is 10.5 Å². The minimum absolute atomic E-state index is 0.0822. The van der Waals surface area contributed by atoms with Gasteiger partial charge in [-0.2, -0.15) is 0 Å². The summed E-state index contributed by atoms with van der Waals surface area (Å²) >= 11 is 15.3. The van der Waals surface area contributed by atoms with Gasteiger partial charge < -0.3 is 15.7 Å². The summed E-state index contributed by atoms with van der Waals surface area (Å²) in [6.07, 6.45) is 1.43. The average molecular weight is 377 g/mol. The van der Waals surface area contributed by atoms with Gasteiger partial charge >= 0.3 is 0 Å². The molecule has 0 atom stereocenters. The van der Waals surface area contributed by atoms with Crippen LogP contribution in [-0.2, 0) is 0 Å². The molecule has 0 amide bonds. The van der Waals surface area contributed by atoms with Crippen molar-refractivity contribution in [3.8, 4) is 11.5 Å². The highest BCUT2D eigenvalue weighted by Gasteiger charge is 2.09. The Labute approximate surface area is 133 Å². The molecule has 2 rings (SSSR count). The maximum absolute atomic E-state index is 8.54. The Kier molecular flexibility index (Phi) is 4.69. The summed E-state index contributed by atoms with van der Waals surface area (Å²) in [7, 11) is 0. The molecule has 2 aromatic rings. The molecule has 0 bridgehead atoms. The van der Waals surface area contributed by atoms with Crippen LogP contribution in [0.3, 0.4) is 0 Å². The van der Waals surface area contributed by atoms with E-state index in [0.29, 0.717) is 31.7 Å². The molecule has 0 aliphatic rings. The third kappa shape index (κ3) is 3.33. The largest absolute Gasteiger partial charge is 0.454 e. The number of ether oxygens (including phenoxy) is 1. The lowest BCUT2D eigenvalue weighted by atomic mass is 10.3. The zero-order valence-electron chi connectivity index (χ0n) is 9.85. The number of nitrogens with zero attached hydrogens (tertiary/aromatic N) is 2. The molecule has 0 saturated heterocycles. The number of oxime groups is 1. The van der Waals surface area contributed by atoms with E-state index in [2.05, 4.69) is 26.1 Å². The van der Waals surface area contributed by atoms with Crippen LogP contribution in [0.5, 0.6) is 11.5 Å². The molecule has 0 radical (unpaired) electrons. The van der Waals surface area contributed by atoms with Crippen LogP contribution in [-0.4, -0.2) is 16.0 Å². The standard InChI is InChI=1S/C12H8BrCl2N3O2/c13-7-3-9(15)11(4-8(7)14)20-6-1-2-10(17-5-6)12(16)18-19/h1-5,19H,(H2,16,18). The van der Waals surface area contributed by atoms with Crippen molar-refractivity contribution in [2.45, 2.75) is 0 Å². The first-order valence-electron chi connectivity index (χ1n) is 5.27. The van der Waals surface area contributed by atoms with Crippen LogP contribution in [0.25, 0.3) is 0 Å². The van der Waals surface area contributed by atoms with E-state index < -0.39 is 0 Å². The van der Waals surface area contributed by atoms with Gasteiger partial charge in [-0.25, -0.2) is 4.98 Å². The van der Waals surface area contributed by atoms with Crippen LogP contribution in [0.15, 0.2) is 40.1 Å². The van der Waals surface area contributed by atoms with Gasteiger partial charge in [0.15, 0.2) is 5.84 Å². The van der Waals surface area contributed by atoms with E-state index in [1.165, 1.54) is 6.20 Å². The molecule has 0 fully saturated rings. The molecule has 0 saturated carbocycles. The zero-order chi connectivity index (χ0) is 14.7. The molecule has 0 unspecified atom stereocenters. The van der Waals surface area contributed by atoms with Crippen LogP contribution in [0.1, 0.15) is 5.69 Å². The van der Waals surface area contributed by atoms with Gasteiger partial charge in [0.25, 0.3) is 0 Å². The molecule has 0 aliphatic heterocycles. The maximum atomic E-state index is 8.54. The molecule has 8 heteroatoms. The molecule has 1 aromatic heterocycles. The highest BCUT2D eigenvalue weighted by Crippen LogP contribution is 2.36. The predicted octanol–water partition coefficient (Wildman–Crippen LogP) is 4.04. The normalized spacial score (nSPS) is 11.4. The van der Waals surface area contributed by atoms with Crippen LogP contribution in [0.2, 0.25) is 10.0 Å².